The Balaban J connectivity index is 1.85. The van der Waals surface area contributed by atoms with Crippen molar-refractivity contribution in [1.29, 1.82) is 0 Å². The number of hydrogen-bond donors (Lipinski definition) is 1. The molecule has 2 aromatic rings. The number of nitrogens with zero attached hydrogens (tertiary/aromatic N) is 1. The van der Waals surface area contributed by atoms with Crippen LogP contribution in [0.4, 0.5) is 11.4 Å². The molecule has 3 rings (SSSR count). The third-order valence-electron chi connectivity index (χ3n) is 3.92. The van der Waals surface area contributed by atoms with E-state index in [1.54, 1.807) is 43.4 Å². The molecule has 7 nitrogen and oxygen atoms in total. The number of anilines is 2. The molecule has 0 saturated carbocycles. The average Bonchev–Trinajstić information content (AvgIpc) is 2.64. The van der Waals surface area contributed by atoms with Crippen LogP contribution in [0, 0.1) is 0 Å². The fraction of sp³-hybridized carbons (Fsp3) is 0.222. The molecule has 0 aliphatic carbocycles. The highest BCUT2D eigenvalue weighted by atomic mass is 16.5. The molecule has 0 unspecified atom stereocenters. The lowest BCUT2D eigenvalue weighted by Crippen LogP contribution is -2.35. The number of amides is 2. The highest BCUT2D eigenvalue weighted by Gasteiger charge is 2.22. The molecule has 0 spiro atoms. The van der Waals surface area contributed by atoms with Gasteiger partial charge in [0.2, 0.25) is 0 Å². The summed E-state index contributed by atoms with van der Waals surface area (Å²) in [7, 11) is 4.71. The van der Waals surface area contributed by atoms with Gasteiger partial charge in [0.15, 0.2) is 6.61 Å². The van der Waals surface area contributed by atoms with Crippen LogP contribution in [0.15, 0.2) is 36.4 Å². The number of nitrogens with one attached hydrogen (secondary N) is 1. The first-order valence-electron chi connectivity index (χ1n) is 7.59. The van der Waals surface area contributed by atoms with E-state index >= 15 is 0 Å². The number of hydrogen-bond acceptors (Lipinski definition) is 5. The monoisotopic (exact) mass is 342 g/mol. The number of carbonyl (C=O) groups is 2. The minimum Gasteiger partial charge on any atom is -0.497 e. The molecule has 0 saturated heterocycles. The lowest BCUT2D eigenvalue weighted by atomic mass is 10.1. The molecule has 7 heteroatoms. The molecule has 0 radical (unpaired) electrons. The van der Waals surface area contributed by atoms with Crippen LogP contribution in [-0.2, 0) is 4.79 Å². The van der Waals surface area contributed by atoms with Gasteiger partial charge in [-0.15, -0.1) is 0 Å². The van der Waals surface area contributed by atoms with Crippen molar-refractivity contribution in [1.82, 2.24) is 0 Å². The fourth-order valence-electron chi connectivity index (χ4n) is 2.49. The van der Waals surface area contributed by atoms with E-state index in [-0.39, 0.29) is 18.4 Å². The molecule has 1 aliphatic heterocycles. The number of rotatable bonds is 4. The normalized spacial score (nSPS) is 12.9. The maximum Gasteiger partial charge on any atom is 0.264 e. The first-order valence-corrected chi connectivity index (χ1v) is 7.59. The van der Waals surface area contributed by atoms with Gasteiger partial charge < -0.3 is 24.4 Å². The Hall–Kier alpha value is -3.22. The largest absolute Gasteiger partial charge is 0.497 e. The Morgan fingerprint density at radius 3 is 2.44 bits per heavy atom. The van der Waals surface area contributed by atoms with E-state index in [4.69, 9.17) is 14.2 Å². The molecule has 130 valence electrons. The number of methoxy groups -OCH3 is 2. The summed E-state index contributed by atoms with van der Waals surface area (Å²) in [5.74, 6) is 1.18. The van der Waals surface area contributed by atoms with Crippen molar-refractivity contribution < 1.29 is 23.8 Å². The zero-order valence-corrected chi connectivity index (χ0v) is 14.2. The van der Waals surface area contributed by atoms with Gasteiger partial charge in [0, 0.05) is 24.4 Å². The van der Waals surface area contributed by atoms with Gasteiger partial charge in [0.25, 0.3) is 11.8 Å². The van der Waals surface area contributed by atoms with Gasteiger partial charge in [-0.05, 0) is 30.3 Å². The lowest BCUT2D eigenvalue weighted by Gasteiger charge is -2.26. The molecular formula is C18H18N2O5. The van der Waals surface area contributed by atoms with Gasteiger partial charge in [-0.2, -0.15) is 0 Å². The zero-order chi connectivity index (χ0) is 18.0. The van der Waals surface area contributed by atoms with Crippen molar-refractivity contribution in [3.05, 3.63) is 42.0 Å². The molecule has 0 bridgehead atoms. The van der Waals surface area contributed by atoms with Crippen molar-refractivity contribution in [3.8, 4) is 17.2 Å². The van der Waals surface area contributed by atoms with Crippen LogP contribution in [-0.4, -0.2) is 39.7 Å². The minimum absolute atomic E-state index is 0.0127. The second-order valence-electron chi connectivity index (χ2n) is 5.48. The summed E-state index contributed by atoms with van der Waals surface area (Å²) < 4.78 is 15.7. The summed E-state index contributed by atoms with van der Waals surface area (Å²) in [5, 5.41) is 2.80. The van der Waals surface area contributed by atoms with Gasteiger partial charge in [0.1, 0.15) is 17.2 Å². The van der Waals surface area contributed by atoms with Crippen LogP contribution in [0.5, 0.6) is 17.2 Å². The summed E-state index contributed by atoms with van der Waals surface area (Å²) in [5.41, 5.74) is 1.56. The molecule has 2 amide bonds. The van der Waals surface area contributed by atoms with Crippen LogP contribution in [0.25, 0.3) is 0 Å². The number of benzene rings is 2. The van der Waals surface area contributed by atoms with Crippen LogP contribution in [0.3, 0.4) is 0 Å². The van der Waals surface area contributed by atoms with E-state index < -0.39 is 0 Å². The Bertz CT molecular complexity index is 812. The topological polar surface area (TPSA) is 77.1 Å². The second-order valence-corrected chi connectivity index (χ2v) is 5.48. The van der Waals surface area contributed by atoms with Crippen molar-refractivity contribution in [2.45, 2.75) is 0 Å². The highest BCUT2D eigenvalue weighted by molar-refractivity contribution is 6.05. The van der Waals surface area contributed by atoms with E-state index in [1.807, 2.05) is 0 Å². The molecule has 1 N–H and O–H groups in total. The Morgan fingerprint density at radius 1 is 1.12 bits per heavy atom. The number of likely N-dealkylation sites (N-methyl/N-ethyl adjacent to an activating group) is 1. The second kappa shape index (κ2) is 6.72. The smallest absolute Gasteiger partial charge is 0.264 e. The van der Waals surface area contributed by atoms with E-state index in [9.17, 15) is 9.59 Å². The van der Waals surface area contributed by atoms with Crippen LogP contribution in [0.1, 0.15) is 10.4 Å². The molecule has 0 atom stereocenters. The third-order valence-corrected chi connectivity index (χ3v) is 3.92. The summed E-state index contributed by atoms with van der Waals surface area (Å²) in [6, 6.07) is 10.1. The van der Waals surface area contributed by atoms with E-state index in [1.165, 1.54) is 19.1 Å². The Kier molecular flexibility index (Phi) is 4.47. The van der Waals surface area contributed by atoms with E-state index in [0.717, 1.165) is 0 Å². The zero-order valence-electron chi connectivity index (χ0n) is 14.2. The lowest BCUT2D eigenvalue weighted by molar-refractivity contribution is -0.120. The number of fused-ring (bicyclic) bond motifs is 1. The van der Waals surface area contributed by atoms with Crippen LogP contribution in [0.2, 0.25) is 0 Å². The Labute approximate surface area is 145 Å². The van der Waals surface area contributed by atoms with Crippen LogP contribution >= 0.6 is 0 Å². The fourth-order valence-corrected chi connectivity index (χ4v) is 2.49. The summed E-state index contributed by atoms with van der Waals surface area (Å²) >= 11 is 0. The maximum atomic E-state index is 12.5. The van der Waals surface area contributed by atoms with E-state index in [0.29, 0.717) is 34.2 Å². The number of carbonyl (C=O) groups excluding carboxylic acids is 2. The summed E-state index contributed by atoms with van der Waals surface area (Å²) in [4.78, 5) is 25.8. The number of ether oxygens (including phenoxy) is 3. The Morgan fingerprint density at radius 2 is 1.80 bits per heavy atom. The molecule has 0 fully saturated rings. The quantitative estimate of drug-likeness (QED) is 0.923. The molecule has 25 heavy (non-hydrogen) atoms. The highest BCUT2D eigenvalue weighted by Crippen LogP contribution is 2.34. The van der Waals surface area contributed by atoms with Gasteiger partial charge in [0.05, 0.1) is 19.9 Å². The van der Waals surface area contributed by atoms with E-state index in [2.05, 4.69) is 5.32 Å². The molecule has 0 aromatic heterocycles. The molecule has 1 aliphatic rings. The standard InChI is InChI=1S/C18H18N2O5/c1-20-15-8-12(4-5-16(15)25-10-17(20)21)19-18(22)11-6-13(23-2)9-14(7-11)24-3/h4-9H,10H2,1-3H3,(H,19,22). The van der Waals surface area contributed by atoms with Crippen molar-refractivity contribution in [2.24, 2.45) is 0 Å². The van der Waals surface area contributed by atoms with Gasteiger partial charge in [-0.3, -0.25) is 9.59 Å². The van der Waals surface area contributed by atoms with Crippen LogP contribution < -0.4 is 24.4 Å². The first kappa shape index (κ1) is 16.6. The van der Waals surface area contributed by atoms with Gasteiger partial charge in [-0.1, -0.05) is 0 Å². The molecule has 2 aromatic carbocycles. The SMILES string of the molecule is COc1cc(OC)cc(C(=O)Nc2ccc3c(c2)N(C)C(=O)CO3)c1. The van der Waals surface area contributed by atoms with Crippen molar-refractivity contribution >= 4 is 23.2 Å². The predicted molar refractivity (Wildman–Crippen MR) is 92.8 cm³/mol. The third kappa shape index (κ3) is 3.35. The first-order chi connectivity index (χ1) is 12.0. The average molecular weight is 342 g/mol. The van der Waals surface area contributed by atoms with Crippen molar-refractivity contribution in [3.63, 3.8) is 0 Å². The van der Waals surface area contributed by atoms with Gasteiger partial charge >= 0.3 is 0 Å². The summed E-state index contributed by atoms with van der Waals surface area (Å²) in [6.45, 7) is 0.0127. The van der Waals surface area contributed by atoms with Gasteiger partial charge in [-0.25, -0.2) is 0 Å². The molecule has 1 heterocycles. The summed E-state index contributed by atoms with van der Waals surface area (Å²) in [6.07, 6.45) is 0. The predicted octanol–water partition coefficient (Wildman–Crippen LogP) is 2.31. The minimum atomic E-state index is -0.317. The maximum absolute atomic E-state index is 12.5. The van der Waals surface area contributed by atoms with Crippen molar-refractivity contribution in [2.75, 3.05) is 38.1 Å². The molecular weight excluding hydrogens is 324 g/mol.